The van der Waals surface area contributed by atoms with Gasteiger partial charge in [0, 0.05) is 51.2 Å². The van der Waals surface area contributed by atoms with Crippen molar-refractivity contribution in [3.63, 3.8) is 0 Å². The average molecular weight is 393 g/mol. The molecule has 8 nitrogen and oxygen atoms in total. The van der Waals surface area contributed by atoms with Gasteiger partial charge in [-0.1, -0.05) is 6.07 Å². The minimum absolute atomic E-state index is 0.249. The Kier molecular flexibility index (Phi) is 6.33. The second-order valence-electron chi connectivity index (χ2n) is 7.30. The highest BCUT2D eigenvalue weighted by molar-refractivity contribution is 6.13. The highest BCUT2D eigenvalue weighted by Gasteiger charge is 2.20. The average Bonchev–Trinajstić information content (AvgIpc) is 2.73. The summed E-state index contributed by atoms with van der Waals surface area (Å²) in [5.74, 6) is 0.572. The van der Waals surface area contributed by atoms with Crippen molar-refractivity contribution in [1.82, 2.24) is 14.9 Å². The van der Waals surface area contributed by atoms with Crippen molar-refractivity contribution in [1.29, 1.82) is 10.8 Å². The molecule has 0 radical (unpaired) electrons. The van der Waals surface area contributed by atoms with Gasteiger partial charge in [-0.3, -0.25) is 15.4 Å². The molecule has 8 heteroatoms. The van der Waals surface area contributed by atoms with E-state index >= 15 is 0 Å². The lowest BCUT2D eigenvalue weighted by Gasteiger charge is -2.34. The van der Waals surface area contributed by atoms with Gasteiger partial charge < -0.3 is 20.9 Å². The normalized spacial score (nSPS) is 16.2. The number of piperazine rings is 1. The van der Waals surface area contributed by atoms with E-state index in [0.717, 1.165) is 37.6 Å². The number of rotatable bonds is 6. The van der Waals surface area contributed by atoms with Crippen molar-refractivity contribution in [2.75, 3.05) is 50.9 Å². The van der Waals surface area contributed by atoms with E-state index in [1.165, 1.54) is 12.4 Å². The van der Waals surface area contributed by atoms with Crippen molar-refractivity contribution >= 4 is 29.6 Å². The van der Waals surface area contributed by atoms with Crippen LogP contribution < -0.4 is 10.6 Å². The second-order valence-corrected chi connectivity index (χ2v) is 7.30. The first kappa shape index (κ1) is 20.6. The molecule has 1 aliphatic heterocycles. The van der Waals surface area contributed by atoms with E-state index < -0.39 is 0 Å². The largest absolute Gasteiger partial charge is 0.397 e. The van der Waals surface area contributed by atoms with E-state index in [0.29, 0.717) is 22.6 Å². The van der Waals surface area contributed by atoms with Crippen molar-refractivity contribution < 1.29 is 0 Å². The number of aryl methyl sites for hydroxylation is 1. The third-order valence-electron chi connectivity index (χ3n) is 5.19. The number of nitrogen functional groups attached to an aromatic ring is 1. The monoisotopic (exact) mass is 392 g/mol. The van der Waals surface area contributed by atoms with Gasteiger partial charge >= 0.3 is 0 Å². The van der Waals surface area contributed by atoms with Crippen molar-refractivity contribution in [2.45, 2.75) is 12.8 Å². The quantitative estimate of drug-likeness (QED) is 0.650. The molecule has 0 bridgehead atoms. The first-order valence-corrected chi connectivity index (χ1v) is 9.63. The van der Waals surface area contributed by atoms with Crippen LogP contribution in [0.15, 0.2) is 29.4 Å². The van der Waals surface area contributed by atoms with Gasteiger partial charge in [-0.25, -0.2) is 4.98 Å². The molecule has 0 spiro atoms. The van der Waals surface area contributed by atoms with Crippen LogP contribution in [-0.2, 0) is 0 Å². The minimum Gasteiger partial charge on any atom is -0.397 e. The van der Waals surface area contributed by atoms with Crippen LogP contribution in [0.5, 0.6) is 0 Å². The summed E-state index contributed by atoms with van der Waals surface area (Å²) in [5.41, 5.74) is 9.66. The van der Waals surface area contributed by atoms with E-state index in [2.05, 4.69) is 26.8 Å². The number of anilines is 2. The molecule has 0 amide bonds. The van der Waals surface area contributed by atoms with E-state index in [1.807, 2.05) is 19.1 Å². The Morgan fingerprint density at radius 2 is 2.00 bits per heavy atom. The number of hydrogen-bond acceptors (Lipinski definition) is 8. The Labute approximate surface area is 171 Å². The summed E-state index contributed by atoms with van der Waals surface area (Å²) in [6, 6.07) is 5.62. The molecule has 1 fully saturated rings. The van der Waals surface area contributed by atoms with Gasteiger partial charge in [0.1, 0.15) is 5.82 Å². The van der Waals surface area contributed by atoms with Crippen molar-refractivity contribution in [3.8, 4) is 0 Å². The lowest BCUT2D eigenvalue weighted by Crippen LogP contribution is -2.45. The van der Waals surface area contributed by atoms with E-state index in [4.69, 9.17) is 21.5 Å². The van der Waals surface area contributed by atoms with Gasteiger partial charge in [-0.15, -0.1) is 0 Å². The zero-order valence-electron chi connectivity index (χ0n) is 17.2. The smallest absolute Gasteiger partial charge is 0.132 e. The molecule has 1 unspecified atom stereocenters. The fourth-order valence-electron chi connectivity index (χ4n) is 3.38. The molecule has 4 N–H and O–H groups in total. The van der Waals surface area contributed by atoms with E-state index in [-0.39, 0.29) is 11.6 Å². The van der Waals surface area contributed by atoms with E-state index in [9.17, 15) is 0 Å². The highest BCUT2D eigenvalue weighted by atomic mass is 15.3. The van der Waals surface area contributed by atoms with Gasteiger partial charge in [-0.2, -0.15) is 0 Å². The number of nitrogens with one attached hydrogen (secondary N) is 2. The Morgan fingerprint density at radius 3 is 2.66 bits per heavy atom. The predicted molar refractivity (Wildman–Crippen MR) is 119 cm³/mol. The number of pyridine rings is 2. The zero-order valence-corrected chi connectivity index (χ0v) is 17.2. The molecule has 29 heavy (non-hydrogen) atoms. The van der Waals surface area contributed by atoms with Crippen LogP contribution in [0.1, 0.15) is 28.4 Å². The summed E-state index contributed by atoms with van der Waals surface area (Å²) >= 11 is 0. The minimum atomic E-state index is -0.348. The first-order chi connectivity index (χ1) is 13.9. The Hall–Kier alpha value is -3.13. The lowest BCUT2D eigenvalue weighted by molar-refractivity contribution is 0.312. The van der Waals surface area contributed by atoms with E-state index in [1.54, 1.807) is 19.3 Å². The second kappa shape index (κ2) is 8.91. The zero-order chi connectivity index (χ0) is 21.0. The third-order valence-corrected chi connectivity index (χ3v) is 5.19. The number of nitrogens with two attached hydrogens (primary N) is 1. The number of hydrogen-bond donors (Lipinski definition) is 3. The molecule has 0 saturated carbocycles. The Balaban J connectivity index is 1.94. The molecule has 1 atom stereocenters. The van der Waals surface area contributed by atoms with Crippen LogP contribution in [0, 0.1) is 17.7 Å². The molecular formula is C21H28N8. The van der Waals surface area contributed by atoms with Crippen molar-refractivity contribution in [3.05, 3.63) is 46.9 Å². The number of aromatic nitrogens is 2. The summed E-state index contributed by atoms with van der Waals surface area (Å²) in [5, 5.41) is 16.3. The molecule has 2 aromatic rings. The van der Waals surface area contributed by atoms with Gasteiger partial charge in [0.2, 0.25) is 0 Å². The Morgan fingerprint density at radius 1 is 1.28 bits per heavy atom. The summed E-state index contributed by atoms with van der Waals surface area (Å²) in [4.78, 5) is 17.7. The fourth-order valence-corrected chi connectivity index (χ4v) is 3.38. The summed E-state index contributed by atoms with van der Waals surface area (Å²) in [6.07, 6.45) is 4.46. The first-order valence-electron chi connectivity index (χ1n) is 9.63. The number of nitrogens with zero attached hydrogens (tertiary/aromatic N) is 5. The Bertz CT molecular complexity index is 928. The maximum atomic E-state index is 8.73. The highest BCUT2D eigenvalue weighted by Crippen LogP contribution is 2.23. The lowest BCUT2D eigenvalue weighted by atomic mass is 10.0. The van der Waals surface area contributed by atoms with Gasteiger partial charge in [0.15, 0.2) is 0 Å². The molecule has 1 aliphatic rings. The van der Waals surface area contributed by atoms with Crippen LogP contribution in [0.3, 0.4) is 0 Å². The van der Waals surface area contributed by atoms with Crippen LogP contribution >= 0.6 is 0 Å². The van der Waals surface area contributed by atoms with Crippen LogP contribution in [0.2, 0.25) is 0 Å². The fraction of sp³-hybridized carbons (Fsp3) is 0.381. The molecule has 3 heterocycles. The van der Waals surface area contributed by atoms with Crippen LogP contribution in [0.4, 0.5) is 11.5 Å². The number of likely N-dealkylation sites (N-methyl/N-ethyl adjacent to an activating group) is 1. The predicted octanol–water partition coefficient (Wildman–Crippen LogP) is 1.97. The standard InChI is InChI=1S/C21H28N8/c1-14-4-5-18(27-21(14)29-8-6-28(3)7-9-29)20(24)16-10-19(26-13-17(16)23)15(11-22)12-25-2/h4-5,10-13,15,22,24H,6-9,23H2,1-3H3. The molecule has 0 aromatic carbocycles. The molecule has 1 saturated heterocycles. The summed E-state index contributed by atoms with van der Waals surface area (Å²) in [7, 11) is 3.78. The molecular weight excluding hydrogens is 364 g/mol. The van der Waals surface area contributed by atoms with Gasteiger partial charge in [0.05, 0.1) is 34.9 Å². The van der Waals surface area contributed by atoms with Crippen LogP contribution in [-0.4, -0.2) is 73.3 Å². The van der Waals surface area contributed by atoms with Crippen molar-refractivity contribution in [2.24, 2.45) is 4.99 Å². The summed E-state index contributed by atoms with van der Waals surface area (Å²) in [6.45, 7) is 5.87. The molecule has 3 rings (SSSR count). The maximum Gasteiger partial charge on any atom is 0.132 e. The van der Waals surface area contributed by atoms with Crippen LogP contribution in [0.25, 0.3) is 0 Å². The maximum absolute atomic E-state index is 8.73. The molecule has 0 aliphatic carbocycles. The topological polar surface area (TPSA) is 118 Å². The molecule has 2 aromatic heterocycles. The SMILES string of the molecule is CN=CC(C=N)c1cc(C(=N)c2ccc(C)c(N3CCN(C)CC3)n2)c(N)cn1. The van der Waals surface area contributed by atoms with Gasteiger partial charge in [-0.05, 0) is 31.7 Å². The summed E-state index contributed by atoms with van der Waals surface area (Å²) < 4.78 is 0. The van der Waals surface area contributed by atoms with Gasteiger partial charge in [0.25, 0.3) is 0 Å². The molecule has 152 valence electrons. The number of aliphatic imine (C=N–C) groups is 1. The third kappa shape index (κ3) is 4.48.